The normalized spacial score (nSPS) is 36.0. The summed E-state index contributed by atoms with van der Waals surface area (Å²) in [6.45, 7) is 2.05. The highest BCUT2D eigenvalue weighted by Crippen LogP contribution is 2.18. The molecule has 0 saturated carbocycles. The Morgan fingerprint density at radius 3 is 3.08 bits per heavy atom. The predicted molar refractivity (Wildman–Crippen MR) is 52.7 cm³/mol. The molecule has 2 heterocycles. The van der Waals surface area contributed by atoms with Gasteiger partial charge in [-0.2, -0.15) is 11.8 Å². The van der Waals surface area contributed by atoms with E-state index in [0.29, 0.717) is 6.10 Å². The lowest BCUT2D eigenvalue weighted by Gasteiger charge is -2.14. The highest BCUT2D eigenvalue weighted by atomic mass is 32.2. The van der Waals surface area contributed by atoms with Crippen LogP contribution in [0.15, 0.2) is 0 Å². The van der Waals surface area contributed by atoms with E-state index in [1.54, 1.807) is 0 Å². The largest absolute Gasteiger partial charge is 0.377 e. The van der Waals surface area contributed by atoms with Crippen molar-refractivity contribution in [3.8, 4) is 0 Å². The second-order valence-electron chi connectivity index (χ2n) is 3.60. The maximum Gasteiger partial charge on any atom is 0.0700 e. The number of rotatable bonds is 3. The third kappa shape index (κ3) is 2.38. The first kappa shape index (κ1) is 8.85. The topological polar surface area (TPSA) is 21.3 Å². The Morgan fingerprint density at radius 2 is 2.42 bits per heavy atom. The third-order valence-corrected chi connectivity index (χ3v) is 3.75. The van der Waals surface area contributed by atoms with Crippen LogP contribution in [0.4, 0.5) is 0 Å². The van der Waals surface area contributed by atoms with Crippen molar-refractivity contribution in [3.05, 3.63) is 0 Å². The molecule has 0 aromatic rings. The van der Waals surface area contributed by atoms with Gasteiger partial charge in [-0.15, -0.1) is 0 Å². The van der Waals surface area contributed by atoms with Crippen LogP contribution in [0.5, 0.6) is 0 Å². The monoisotopic (exact) mass is 187 g/mol. The maximum atomic E-state index is 5.54. The maximum absolute atomic E-state index is 5.54. The van der Waals surface area contributed by atoms with Gasteiger partial charge in [-0.25, -0.2) is 0 Å². The molecule has 2 rings (SSSR count). The molecule has 2 aliphatic heterocycles. The van der Waals surface area contributed by atoms with E-state index in [-0.39, 0.29) is 0 Å². The number of thioether (sulfide) groups is 1. The van der Waals surface area contributed by atoms with Gasteiger partial charge >= 0.3 is 0 Å². The fourth-order valence-corrected chi connectivity index (χ4v) is 2.99. The van der Waals surface area contributed by atoms with Crippen molar-refractivity contribution < 1.29 is 4.74 Å². The summed E-state index contributed by atoms with van der Waals surface area (Å²) in [7, 11) is 0. The van der Waals surface area contributed by atoms with Crippen molar-refractivity contribution in [2.75, 3.05) is 24.7 Å². The quantitative estimate of drug-likeness (QED) is 0.719. The number of ether oxygens (including phenoxy) is 1. The summed E-state index contributed by atoms with van der Waals surface area (Å²) in [5, 5.41) is 3.58. The Labute approximate surface area is 78.4 Å². The van der Waals surface area contributed by atoms with E-state index < -0.39 is 0 Å². The summed E-state index contributed by atoms with van der Waals surface area (Å²) >= 11 is 2.06. The molecule has 0 radical (unpaired) electrons. The van der Waals surface area contributed by atoms with Crippen LogP contribution in [0.25, 0.3) is 0 Å². The van der Waals surface area contributed by atoms with Crippen molar-refractivity contribution in [2.45, 2.75) is 31.4 Å². The second-order valence-corrected chi connectivity index (χ2v) is 4.75. The predicted octanol–water partition coefficient (Wildman–Crippen LogP) is 1.26. The first-order valence-corrected chi connectivity index (χ1v) is 6.03. The molecule has 0 spiro atoms. The zero-order valence-electron chi connectivity index (χ0n) is 7.42. The first-order chi connectivity index (χ1) is 5.95. The Bertz CT molecular complexity index is 114. The van der Waals surface area contributed by atoms with Gasteiger partial charge in [0.05, 0.1) is 6.10 Å². The fraction of sp³-hybridized carbons (Fsp3) is 1.00. The van der Waals surface area contributed by atoms with E-state index in [1.807, 2.05) is 0 Å². The molecule has 0 amide bonds. The van der Waals surface area contributed by atoms with E-state index in [0.717, 1.165) is 19.2 Å². The molecule has 2 nitrogen and oxygen atoms in total. The second kappa shape index (κ2) is 4.49. The number of hydrogen-bond donors (Lipinski definition) is 1. The van der Waals surface area contributed by atoms with Crippen molar-refractivity contribution in [1.82, 2.24) is 5.32 Å². The smallest absolute Gasteiger partial charge is 0.0700 e. The van der Waals surface area contributed by atoms with Gasteiger partial charge in [0.1, 0.15) is 0 Å². The van der Waals surface area contributed by atoms with E-state index in [2.05, 4.69) is 17.1 Å². The summed E-state index contributed by atoms with van der Waals surface area (Å²) in [6, 6.07) is 0.763. The van der Waals surface area contributed by atoms with Gasteiger partial charge in [-0.3, -0.25) is 0 Å². The molecule has 70 valence electrons. The van der Waals surface area contributed by atoms with Gasteiger partial charge in [-0.1, -0.05) is 0 Å². The molecule has 0 aromatic heterocycles. The third-order valence-electron chi connectivity index (χ3n) is 2.59. The highest BCUT2D eigenvalue weighted by molar-refractivity contribution is 7.99. The molecule has 2 aliphatic rings. The summed E-state index contributed by atoms with van der Waals surface area (Å²) < 4.78 is 5.54. The van der Waals surface area contributed by atoms with Crippen LogP contribution >= 0.6 is 11.8 Å². The SMILES string of the molecule is C1CO[C@H](CN[C@@H]2CCSC2)C1. The standard InChI is InChI=1S/C9H17NOS/c1-2-9(11-4-1)6-10-8-3-5-12-7-8/h8-10H,1-7H2/t8-,9+/m1/s1. The average molecular weight is 187 g/mol. The zero-order valence-corrected chi connectivity index (χ0v) is 8.24. The molecule has 0 aromatic carbocycles. The molecule has 12 heavy (non-hydrogen) atoms. The molecular weight excluding hydrogens is 170 g/mol. The van der Waals surface area contributed by atoms with Crippen LogP contribution in [0.1, 0.15) is 19.3 Å². The Kier molecular flexibility index (Phi) is 3.31. The van der Waals surface area contributed by atoms with Gasteiger partial charge in [0, 0.05) is 24.9 Å². The molecule has 1 N–H and O–H groups in total. The van der Waals surface area contributed by atoms with Crippen molar-refractivity contribution in [2.24, 2.45) is 0 Å². The fourth-order valence-electron chi connectivity index (χ4n) is 1.80. The van der Waals surface area contributed by atoms with E-state index in [1.165, 1.54) is 30.8 Å². The van der Waals surface area contributed by atoms with Gasteiger partial charge in [0.15, 0.2) is 0 Å². The van der Waals surface area contributed by atoms with E-state index in [4.69, 9.17) is 4.74 Å². The molecule has 3 heteroatoms. The minimum atomic E-state index is 0.510. The zero-order chi connectivity index (χ0) is 8.23. The molecular formula is C9H17NOS. The lowest BCUT2D eigenvalue weighted by molar-refractivity contribution is 0.108. The van der Waals surface area contributed by atoms with E-state index in [9.17, 15) is 0 Å². The summed E-state index contributed by atoms with van der Waals surface area (Å²) in [4.78, 5) is 0. The van der Waals surface area contributed by atoms with Gasteiger partial charge in [-0.05, 0) is 25.0 Å². The Balaban J connectivity index is 1.60. The molecule has 2 fully saturated rings. The molecule has 0 bridgehead atoms. The lowest BCUT2D eigenvalue weighted by Crippen LogP contribution is -2.35. The van der Waals surface area contributed by atoms with Crippen LogP contribution in [-0.2, 0) is 4.74 Å². The minimum absolute atomic E-state index is 0.510. The summed E-state index contributed by atoms with van der Waals surface area (Å²) in [6.07, 6.45) is 4.37. The molecule has 0 unspecified atom stereocenters. The first-order valence-electron chi connectivity index (χ1n) is 4.88. The van der Waals surface area contributed by atoms with Crippen LogP contribution in [0.3, 0.4) is 0 Å². The lowest BCUT2D eigenvalue weighted by atomic mass is 10.2. The Morgan fingerprint density at radius 1 is 1.42 bits per heavy atom. The minimum Gasteiger partial charge on any atom is -0.377 e. The van der Waals surface area contributed by atoms with Crippen LogP contribution in [-0.4, -0.2) is 36.8 Å². The van der Waals surface area contributed by atoms with Gasteiger partial charge in [0.25, 0.3) is 0 Å². The highest BCUT2D eigenvalue weighted by Gasteiger charge is 2.19. The molecule has 0 aliphatic carbocycles. The molecule has 2 saturated heterocycles. The van der Waals surface area contributed by atoms with Gasteiger partial charge in [0.2, 0.25) is 0 Å². The van der Waals surface area contributed by atoms with Crippen LogP contribution in [0, 0.1) is 0 Å². The van der Waals surface area contributed by atoms with Crippen LogP contribution in [0.2, 0.25) is 0 Å². The molecule has 2 atom stereocenters. The summed E-state index contributed by atoms with van der Waals surface area (Å²) in [5.41, 5.74) is 0. The van der Waals surface area contributed by atoms with E-state index >= 15 is 0 Å². The van der Waals surface area contributed by atoms with Crippen molar-refractivity contribution >= 4 is 11.8 Å². The number of hydrogen-bond acceptors (Lipinski definition) is 3. The van der Waals surface area contributed by atoms with Gasteiger partial charge < -0.3 is 10.1 Å². The van der Waals surface area contributed by atoms with Crippen LogP contribution < -0.4 is 5.32 Å². The van der Waals surface area contributed by atoms with Crippen molar-refractivity contribution in [1.29, 1.82) is 0 Å². The number of nitrogens with one attached hydrogen (secondary N) is 1. The Hall–Kier alpha value is 0.270. The summed E-state index contributed by atoms with van der Waals surface area (Å²) in [5.74, 6) is 2.63. The van der Waals surface area contributed by atoms with Crippen molar-refractivity contribution in [3.63, 3.8) is 0 Å². The average Bonchev–Trinajstić information content (AvgIpc) is 2.74.